The third-order valence-electron chi connectivity index (χ3n) is 7.14. The molecule has 2 aliphatic heterocycles. The lowest BCUT2D eigenvalue weighted by molar-refractivity contribution is -0.351. The molecule has 10 unspecified atom stereocenters. The van der Waals surface area contributed by atoms with Crippen molar-refractivity contribution in [1.29, 1.82) is 0 Å². The molecular formula is C26H32O13. The quantitative estimate of drug-likeness (QED) is 0.179. The molecule has 6 N–H and O–H groups in total. The number of hydrogen-bond donors (Lipinski definition) is 6. The van der Waals surface area contributed by atoms with Gasteiger partial charge in [-0.25, -0.2) is 4.79 Å². The average Bonchev–Trinajstić information content (AvgIpc) is 3.09. The lowest BCUT2D eigenvalue weighted by atomic mass is 9.81. The second-order valence-electron chi connectivity index (χ2n) is 9.97. The van der Waals surface area contributed by atoms with Crippen LogP contribution in [0.4, 0.5) is 0 Å². The Labute approximate surface area is 223 Å². The van der Waals surface area contributed by atoms with Gasteiger partial charge >= 0.3 is 11.9 Å². The van der Waals surface area contributed by atoms with Crippen LogP contribution in [0.3, 0.4) is 0 Å². The third-order valence-corrected chi connectivity index (χ3v) is 7.14. The second kappa shape index (κ2) is 11.2. The average molecular weight is 553 g/mol. The fraction of sp³-hybridized carbons (Fsp3) is 0.538. The Bertz CT molecular complexity index is 1100. The molecule has 39 heavy (non-hydrogen) atoms. The van der Waals surface area contributed by atoms with Gasteiger partial charge in [0.2, 0.25) is 6.29 Å². The van der Waals surface area contributed by atoms with Crippen molar-refractivity contribution in [2.45, 2.75) is 74.6 Å². The summed E-state index contributed by atoms with van der Waals surface area (Å²) in [5.41, 5.74) is -2.87. The number of carbonyl (C=O) groups is 2. The Hall–Kier alpha value is -3.04. The van der Waals surface area contributed by atoms with Crippen molar-refractivity contribution in [3.05, 3.63) is 48.2 Å². The van der Waals surface area contributed by atoms with Gasteiger partial charge in [0, 0.05) is 19.4 Å². The van der Waals surface area contributed by atoms with Crippen LogP contribution in [-0.4, -0.2) is 103 Å². The van der Waals surface area contributed by atoms with E-state index in [4.69, 9.17) is 23.7 Å². The Balaban J connectivity index is 1.57. The van der Waals surface area contributed by atoms with Crippen LogP contribution in [0.5, 0.6) is 5.75 Å². The van der Waals surface area contributed by atoms with E-state index in [1.807, 2.05) is 0 Å². The van der Waals surface area contributed by atoms with Gasteiger partial charge in [0.1, 0.15) is 47.5 Å². The fourth-order valence-electron chi connectivity index (χ4n) is 5.29. The Kier molecular flexibility index (Phi) is 8.33. The van der Waals surface area contributed by atoms with Crippen LogP contribution in [0, 0.1) is 5.92 Å². The molecule has 10 atom stereocenters. The lowest BCUT2D eigenvalue weighted by Gasteiger charge is -2.46. The fourth-order valence-corrected chi connectivity index (χ4v) is 5.29. The van der Waals surface area contributed by atoms with Crippen molar-refractivity contribution in [2.75, 3.05) is 6.61 Å². The maximum atomic E-state index is 12.7. The number of esters is 2. The number of benzene rings is 1. The van der Waals surface area contributed by atoms with E-state index in [-0.39, 0.29) is 12.2 Å². The predicted molar refractivity (Wildman–Crippen MR) is 129 cm³/mol. The van der Waals surface area contributed by atoms with E-state index in [1.165, 1.54) is 31.2 Å². The number of carbonyl (C=O) groups excluding carboxylic acids is 2. The molecule has 2 fully saturated rings. The third kappa shape index (κ3) is 5.79. The molecule has 214 valence electrons. The van der Waals surface area contributed by atoms with E-state index in [2.05, 4.69) is 0 Å². The first kappa shape index (κ1) is 29.0. The molecule has 0 bridgehead atoms. The molecular weight excluding hydrogens is 520 g/mol. The van der Waals surface area contributed by atoms with Crippen molar-refractivity contribution in [3.8, 4) is 5.75 Å². The smallest absolute Gasteiger partial charge is 0.331 e. The number of fused-ring (bicyclic) bond motifs is 1. The molecule has 4 rings (SSSR count). The lowest BCUT2D eigenvalue weighted by Crippen LogP contribution is -2.62. The summed E-state index contributed by atoms with van der Waals surface area (Å²) in [5, 5.41) is 61.2. The summed E-state index contributed by atoms with van der Waals surface area (Å²) in [7, 11) is 0. The summed E-state index contributed by atoms with van der Waals surface area (Å²) >= 11 is 0. The summed E-state index contributed by atoms with van der Waals surface area (Å²) in [6.07, 6.45) is -5.90. The maximum Gasteiger partial charge on any atom is 0.331 e. The van der Waals surface area contributed by atoms with Gasteiger partial charge in [-0.3, -0.25) is 4.79 Å². The van der Waals surface area contributed by atoms with Crippen LogP contribution in [-0.2, 0) is 33.3 Å². The van der Waals surface area contributed by atoms with Gasteiger partial charge in [-0.05, 0) is 36.8 Å². The summed E-state index contributed by atoms with van der Waals surface area (Å²) in [6, 6.07) is 6.06. The minimum Gasteiger partial charge on any atom is -0.508 e. The number of rotatable bonds is 7. The first-order valence-corrected chi connectivity index (χ1v) is 12.3. The van der Waals surface area contributed by atoms with Crippen molar-refractivity contribution in [1.82, 2.24) is 0 Å². The number of aliphatic hydroxyl groups is 5. The number of aliphatic hydroxyl groups excluding tert-OH is 4. The van der Waals surface area contributed by atoms with Gasteiger partial charge in [-0.1, -0.05) is 12.1 Å². The number of hydrogen-bond acceptors (Lipinski definition) is 13. The number of phenolic OH excluding ortho intramolecular Hbond substituents is 1. The molecule has 1 aliphatic carbocycles. The minimum absolute atomic E-state index is 0.0606. The molecule has 0 amide bonds. The zero-order valence-corrected chi connectivity index (χ0v) is 21.2. The predicted octanol–water partition coefficient (Wildman–Crippen LogP) is -0.923. The molecule has 1 saturated heterocycles. The first-order valence-electron chi connectivity index (χ1n) is 12.3. The monoisotopic (exact) mass is 552 g/mol. The van der Waals surface area contributed by atoms with Crippen LogP contribution in [0.25, 0.3) is 6.08 Å². The largest absolute Gasteiger partial charge is 0.508 e. The maximum absolute atomic E-state index is 12.7. The Morgan fingerprint density at radius 2 is 1.79 bits per heavy atom. The number of ether oxygens (including phenoxy) is 5. The molecule has 3 aliphatic rings. The molecule has 13 nitrogen and oxygen atoms in total. The molecule has 1 aromatic rings. The zero-order chi connectivity index (χ0) is 28.5. The Morgan fingerprint density at radius 1 is 1.10 bits per heavy atom. The van der Waals surface area contributed by atoms with Gasteiger partial charge < -0.3 is 54.3 Å². The highest BCUT2D eigenvalue weighted by molar-refractivity contribution is 5.87. The van der Waals surface area contributed by atoms with Crippen molar-refractivity contribution < 1.29 is 63.9 Å². The minimum atomic E-state index is -1.97. The SMILES string of the molecule is CC(=O)OC1(C)CC(OC(=O)C=Cc2ccc(O)cc2)C2(O)C=COC(OC3OC(CO)C(O)C(O)C3O)C12. The van der Waals surface area contributed by atoms with Crippen molar-refractivity contribution in [3.63, 3.8) is 0 Å². The summed E-state index contributed by atoms with van der Waals surface area (Å²) in [4.78, 5) is 24.7. The molecule has 1 saturated carbocycles. The van der Waals surface area contributed by atoms with Gasteiger partial charge in [0.15, 0.2) is 6.29 Å². The van der Waals surface area contributed by atoms with Crippen molar-refractivity contribution in [2.24, 2.45) is 5.92 Å². The van der Waals surface area contributed by atoms with E-state index in [1.54, 1.807) is 12.1 Å². The van der Waals surface area contributed by atoms with Crippen molar-refractivity contribution >= 4 is 18.0 Å². The van der Waals surface area contributed by atoms with Crippen LogP contribution < -0.4 is 0 Å². The van der Waals surface area contributed by atoms with E-state index >= 15 is 0 Å². The molecule has 2 heterocycles. The highest BCUT2D eigenvalue weighted by Crippen LogP contribution is 2.52. The summed E-state index contributed by atoms with van der Waals surface area (Å²) in [5.74, 6) is -2.66. The highest BCUT2D eigenvalue weighted by atomic mass is 16.8. The van der Waals surface area contributed by atoms with Crippen LogP contribution in [0.2, 0.25) is 0 Å². The van der Waals surface area contributed by atoms with Crippen LogP contribution in [0.15, 0.2) is 42.7 Å². The summed E-state index contributed by atoms with van der Waals surface area (Å²) in [6.45, 7) is 1.97. The molecule has 0 aromatic heterocycles. The van der Waals surface area contributed by atoms with E-state index in [9.17, 15) is 40.2 Å². The molecule has 0 radical (unpaired) electrons. The molecule has 13 heteroatoms. The molecule has 0 spiro atoms. The topological polar surface area (TPSA) is 202 Å². The van der Waals surface area contributed by atoms with Gasteiger partial charge in [0.05, 0.1) is 18.8 Å². The second-order valence-corrected chi connectivity index (χ2v) is 9.97. The van der Waals surface area contributed by atoms with Crippen LogP contribution >= 0.6 is 0 Å². The van der Waals surface area contributed by atoms with E-state index < -0.39 is 78.8 Å². The highest BCUT2D eigenvalue weighted by Gasteiger charge is 2.68. The van der Waals surface area contributed by atoms with E-state index in [0.29, 0.717) is 5.56 Å². The summed E-state index contributed by atoms with van der Waals surface area (Å²) < 4.78 is 27.8. The van der Waals surface area contributed by atoms with E-state index in [0.717, 1.165) is 19.3 Å². The van der Waals surface area contributed by atoms with Gasteiger partial charge in [-0.15, -0.1) is 0 Å². The first-order chi connectivity index (χ1) is 18.4. The number of phenols is 1. The van der Waals surface area contributed by atoms with Gasteiger partial charge in [-0.2, -0.15) is 0 Å². The normalized spacial score (nSPS) is 39.7. The molecule has 1 aromatic carbocycles. The van der Waals surface area contributed by atoms with Gasteiger partial charge in [0.25, 0.3) is 0 Å². The number of aromatic hydroxyl groups is 1. The van der Waals surface area contributed by atoms with Crippen LogP contribution in [0.1, 0.15) is 25.8 Å². The zero-order valence-electron chi connectivity index (χ0n) is 21.2. The standard InChI is InChI=1S/C26H32O13/c1-13(28)39-25(2)11-17(37-18(30)8-5-14-3-6-15(29)7-4-14)26(34)9-10-35-24(22(25)26)38-23-21(33)20(32)19(31)16(12-27)36-23/h3-10,16-17,19-24,27,29,31-34H,11-12H2,1-2H3. The Morgan fingerprint density at radius 3 is 2.44 bits per heavy atom.